The molecule has 0 bridgehead atoms. The number of rotatable bonds is 7. The van der Waals surface area contributed by atoms with Gasteiger partial charge in [0.15, 0.2) is 12.6 Å². The van der Waals surface area contributed by atoms with E-state index in [9.17, 15) is 0 Å². The molecule has 2 saturated carbocycles. The van der Waals surface area contributed by atoms with Crippen molar-refractivity contribution in [2.75, 3.05) is 13.2 Å². The maximum Gasteiger partial charge on any atom is 0.199 e. The van der Waals surface area contributed by atoms with E-state index in [1.807, 2.05) is 0 Å². The zero-order chi connectivity index (χ0) is 27.8. The van der Waals surface area contributed by atoms with Crippen LogP contribution in [0.2, 0.25) is 0 Å². The van der Waals surface area contributed by atoms with Gasteiger partial charge in [0.05, 0.1) is 19.0 Å². The van der Waals surface area contributed by atoms with Gasteiger partial charge in [0.1, 0.15) is 11.5 Å². The number of hydrogen-bond donors (Lipinski definition) is 0. The maximum absolute atomic E-state index is 6.82. The first-order valence-electron chi connectivity index (χ1n) is 16.2. The Hall–Kier alpha value is -2.34. The Bertz CT molecular complexity index is 1200. The molecule has 0 spiro atoms. The number of hydrogen-bond acceptors (Lipinski definition) is 5. The predicted octanol–water partition coefficient (Wildman–Crippen LogP) is 8.28. The Morgan fingerprint density at radius 2 is 1.61 bits per heavy atom. The highest BCUT2D eigenvalue weighted by molar-refractivity contribution is 5.44. The molecule has 3 aliphatic carbocycles. The summed E-state index contributed by atoms with van der Waals surface area (Å²) in [4.78, 5) is 0. The van der Waals surface area contributed by atoms with E-state index in [-0.39, 0.29) is 24.1 Å². The molecule has 2 unspecified atom stereocenters. The van der Waals surface area contributed by atoms with Gasteiger partial charge in [0.25, 0.3) is 0 Å². The van der Waals surface area contributed by atoms with Crippen molar-refractivity contribution in [1.82, 2.24) is 0 Å². The molecule has 8 atom stereocenters. The van der Waals surface area contributed by atoms with Crippen LogP contribution in [0.25, 0.3) is 0 Å². The second-order valence-electron chi connectivity index (χ2n) is 13.3. The summed E-state index contributed by atoms with van der Waals surface area (Å²) in [6.07, 6.45) is 14.2. The van der Waals surface area contributed by atoms with Crippen LogP contribution in [0.15, 0.2) is 55.3 Å². The van der Waals surface area contributed by atoms with Crippen molar-refractivity contribution in [3.05, 3.63) is 72.0 Å². The zero-order valence-electron chi connectivity index (χ0n) is 24.6. The molecule has 220 valence electrons. The molecule has 0 amide bonds. The minimum atomic E-state index is -0.110. The quantitative estimate of drug-likeness (QED) is 0.320. The lowest BCUT2D eigenvalue weighted by atomic mass is 9.51. The summed E-state index contributed by atoms with van der Waals surface area (Å²) in [6.45, 7) is 7.90. The summed E-state index contributed by atoms with van der Waals surface area (Å²) >= 11 is 0. The zero-order valence-corrected chi connectivity index (χ0v) is 24.6. The molecule has 2 aromatic carbocycles. The average molecular weight is 559 g/mol. The third kappa shape index (κ3) is 5.34. The van der Waals surface area contributed by atoms with E-state index >= 15 is 0 Å². The minimum Gasteiger partial charge on any atom is -0.466 e. The normalized spacial score (nSPS) is 36.5. The van der Waals surface area contributed by atoms with E-state index < -0.39 is 0 Å². The van der Waals surface area contributed by atoms with Crippen LogP contribution in [0, 0.1) is 17.3 Å². The molecular formula is C36H46O5. The van der Waals surface area contributed by atoms with Crippen LogP contribution in [0.3, 0.4) is 0 Å². The van der Waals surface area contributed by atoms with Crippen LogP contribution in [0.5, 0.6) is 11.5 Å². The number of ether oxygens (including phenoxy) is 5. The first kappa shape index (κ1) is 27.5. The van der Waals surface area contributed by atoms with Gasteiger partial charge in [-0.1, -0.05) is 31.7 Å². The third-order valence-corrected chi connectivity index (χ3v) is 11.0. The topological polar surface area (TPSA) is 46.2 Å². The molecular weight excluding hydrogens is 512 g/mol. The smallest absolute Gasteiger partial charge is 0.199 e. The predicted molar refractivity (Wildman–Crippen MR) is 159 cm³/mol. The summed E-state index contributed by atoms with van der Waals surface area (Å²) in [5, 5.41) is 0. The standard InChI is InChI=1S/C36H46O5/c1-3-37-26-13-10-24(11-14-26)30-23-36(2)31(18-19-32(36)41-34-9-5-7-21-39-34)29-16-12-25-22-27(15-17-28(25)35(29)30)40-33-8-4-6-20-38-33/h3,10-11,13-15,17,22,29-35H,1,4-9,12,16,18-21,23H2,2H3/t29-,30+,31-,32-,33?,34?,35+,36-/m0/s1. The molecule has 5 nitrogen and oxygen atoms in total. The van der Waals surface area contributed by atoms with E-state index in [1.54, 1.807) is 0 Å². The molecule has 2 saturated heterocycles. The van der Waals surface area contributed by atoms with Crippen LogP contribution in [-0.4, -0.2) is 31.9 Å². The summed E-state index contributed by atoms with van der Waals surface area (Å²) in [6, 6.07) is 15.7. The van der Waals surface area contributed by atoms with E-state index in [2.05, 4.69) is 56.0 Å². The van der Waals surface area contributed by atoms with Gasteiger partial charge in [-0.3, -0.25) is 0 Å². The number of benzene rings is 2. The first-order valence-corrected chi connectivity index (χ1v) is 16.2. The Kier molecular flexibility index (Phi) is 7.87. The third-order valence-electron chi connectivity index (χ3n) is 11.0. The summed E-state index contributed by atoms with van der Waals surface area (Å²) in [7, 11) is 0. The molecule has 7 rings (SSSR count). The average Bonchev–Trinajstić information content (AvgIpc) is 3.33. The Morgan fingerprint density at radius 1 is 0.854 bits per heavy atom. The summed E-state index contributed by atoms with van der Waals surface area (Å²) in [5.74, 6) is 4.02. The fourth-order valence-electron chi connectivity index (χ4n) is 9.11. The summed E-state index contributed by atoms with van der Waals surface area (Å²) < 4.78 is 30.6. The van der Waals surface area contributed by atoms with Gasteiger partial charge >= 0.3 is 0 Å². The first-order chi connectivity index (χ1) is 20.1. The van der Waals surface area contributed by atoms with E-state index in [1.165, 1.54) is 48.6 Å². The van der Waals surface area contributed by atoms with Crippen molar-refractivity contribution >= 4 is 0 Å². The molecule has 4 fully saturated rings. The van der Waals surface area contributed by atoms with Crippen molar-refractivity contribution in [3.63, 3.8) is 0 Å². The van der Waals surface area contributed by atoms with Crippen molar-refractivity contribution in [1.29, 1.82) is 0 Å². The lowest BCUT2D eigenvalue weighted by Crippen LogP contribution is -2.48. The SMILES string of the molecule is C=COc1ccc([C@H]2C[C@]3(C)[C@@H](OC4CCCCO4)CC[C@H]3[C@@H]3CCc4cc(OC5CCCCO5)ccc4[C@H]32)cc1. The summed E-state index contributed by atoms with van der Waals surface area (Å²) in [5.41, 5.74) is 4.53. The fourth-order valence-corrected chi connectivity index (χ4v) is 9.11. The lowest BCUT2D eigenvalue weighted by molar-refractivity contribution is -0.213. The van der Waals surface area contributed by atoms with Gasteiger partial charge in [-0.15, -0.1) is 0 Å². The van der Waals surface area contributed by atoms with Crippen molar-refractivity contribution in [2.24, 2.45) is 17.3 Å². The molecule has 2 aliphatic heterocycles. The van der Waals surface area contributed by atoms with Gasteiger partial charge in [-0.25, -0.2) is 0 Å². The number of aryl methyl sites for hydroxylation is 1. The van der Waals surface area contributed by atoms with Crippen LogP contribution in [0.4, 0.5) is 0 Å². The van der Waals surface area contributed by atoms with Crippen LogP contribution < -0.4 is 9.47 Å². The van der Waals surface area contributed by atoms with Crippen LogP contribution in [0.1, 0.15) is 99.7 Å². The number of fused-ring (bicyclic) bond motifs is 5. The molecule has 0 N–H and O–H groups in total. The van der Waals surface area contributed by atoms with E-state index in [4.69, 9.17) is 23.7 Å². The molecule has 5 heteroatoms. The van der Waals surface area contributed by atoms with Gasteiger partial charge in [0.2, 0.25) is 0 Å². The van der Waals surface area contributed by atoms with Crippen molar-refractivity contribution in [3.8, 4) is 11.5 Å². The molecule has 41 heavy (non-hydrogen) atoms. The highest BCUT2D eigenvalue weighted by atomic mass is 16.7. The monoisotopic (exact) mass is 558 g/mol. The Labute approximate surface area is 245 Å². The minimum absolute atomic E-state index is 0.0329. The van der Waals surface area contributed by atoms with Crippen molar-refractivity contribution in [2.45, 2.75) is 108 Å². The van der Waals surface area contributed by atoms with Gasteiger partial charge in [0, 0.05) is 13.0 Å². The van der Waals surface area contributed by atoms with Gasteiger partial charge in [-0.2, -0.15) is 0 Å². The highest BCUT2D eigenvalue weighted by Gasteiger charge is 2.59. The van der Waals surface area contributed by atoms with E-state index in [0.29, 0.717) is 23.7 Å². The second kappa shape index (κ2) is 11.7. The van der Waals surface area contributed by atoms with Crippen molar-refractivity contribution < 1.29 is 23.7 Å². The Morgan fingerprint density at radius 3 is 2.34 bits per heavy atom. The van der Waals surface area contributed by atoms with Crippen LogP contribution in [-0.2, 0) is 20.6 Å². The maximum atomic E-state index is 6.82. The Balaban J connectivity index is 1.20. The molecule has 2 heterocycles. The molecule has 0 aromatic heterocycles. The van der Waals surface area contributed by atoms with Crippen LogP contribution >= 0.6 is 0 Å². The largest absolute Gasteiger partial charge is 0.466 e. The second-order valence-corrected chi connectivity index (χ2v) is 13.3. The fraction of sp³-hybridized carbons (Fsp3) is 0.611. The molecule has 5 aliphatic rings. The highest BCUT2D eigenvalue weighted by Crippen LogP contribution is 2.65. The van der Waals surface area contributed by atoms with Gasteiger partial charge < -0.3 is 23.7 Å². The lowest BCUT2D eigenvalue weighted by Gasteiger charge is -2.54. The van der Waals surface area contributed by atoms with E-state index in [0.717, 1.165) is 69.7 Å². The van der Waals surface area contributed by atoms with Gasteiger partial charge in [-0.05, 0) is 134 Å². The molecule has 2 aromatic rings. The molecule has 0 radical (unpaired) electrons.